The van der Waals surface area contributed by atoms with Gasteiger partial charge in [0.2, 0.25) is 11.8 Å². The van der Waals surface area contributed by atoms with Crippen LogP contribution in [-0.2, 0) is 14.4 Å². The number of rotatable bonds is 7. The third-order valence-electron chi connectivity index (χ3n) is 7.85. The Kier molecular flexibility index (Phi) is 9.13. The third kappa shape index (κ3) is 6.37. The van der Waals surface area contributed by atoms with E-state index < -0.39 is 47.4 Å². The summed E-state index contributed by atoms with van der Waals surface area (Å²) in [5.74, 6) is -5.25. The van der Waals surface area contributed by atoms with Gasteiger partial charge in [-0.3, -0.25) is 14.4 Å². The monoisotopic (exact) mass is 636 g/mol. The maximum atomic E-state index is 14.1. The van der Waals surface area contributed by atoms with Gasteiger partial charge in [-0.1, -0.05) is 35.4 Å². The maximum Gasteiger partial charge on any atom is 0.235 e. The number of Topliss-reactive ketones (excluding diaryl/α,β-unsaturated/α-hetero) is 1. The van der Waals surface area contributed by atoms with Gasteiger partial charge in [-0.15, -0.1) is 0 Å². The lowest BCUT2D eigenvalue weighted by Gasteiger charge is -2.44. The van der Waals surface area contributed by atoms with Crippen LogP contribution < -0.4 is 15.4 Å². The first kappa shape index (κ1) is 31.3. The molecule has 4 unspecified atom stereocenters. The van der Waals surface area contributed by atoms with Crippen molar-refractivity contribution >= 4 is 44.9 Å². The molecule has 1 aliphatic carbocycles. The zero-order valence-electron chi connectivity index (χ0n) is 24.7. The summed E-state index contributed by atoms with van der Waals surface area (Å²) in [4.78, 5) is 41.7. The Labute approximate surface area is 254 Å². The molecular weight excluding hydrogens is 600 g/mol. The van der Waals surface area contributed by atoms with Crippen molar-refractivity contribution < 1.29 is 29.3 Å². The van der Waals surface area contributed by atoms with Crippen LogP contribution in [0.25, 0.3) is 0 Å². The van der Waals surface area contributed by atoms with Gasteiger partial charge < -0.3 is 25.6 Å². The quantitative estimate of drug-likeness (QED) is 0.232. The molecule has 4 N–H and O–H groups in total. The van der Waals surface area contributed by atoms with Gasteiger partial charge in [0.15, 0.2) is 11.5 Å². The number of phenols is 1. The summed E-state index contributed by atoms with van der Waals surface area (Å²) >= 11 is 3.35. The van der Waals surface area contributed by atoms with Crippen LogP contribution in [0.15, 0.2) is 53.0 Å². The molecule has 222 valence electrons. The number of carbonyl (C=O) groups is 3. The molecule has 1 saturated carbocycles. The number of phenolic OH excluding ortho intramolecular Hbond substituents is 1. The molecule has 0 aromatic heterocycles. The van der Waals surface area contributed by atoms with E-state index in [0.29, 0.717) is 16.9 Å². The Balaban J connectivity index is 1.86. The largest absolute Gasteiger partial charge is 0.503 e. The average molecular weight is 638 g/mol. The van der Waals surface area contributed by atoms with Gasteiger partial charge in [0.1, 0.15) is 11.7 Å². The molecule has 2 amide bonds. The van der Waals surface area contributed by atoms with E-state index in [-0.39, 0.29) is 22.6 Å². The fourth-order valence-corrected chi connectivity index (χ4v) is 6.33. The predicted molar refractivity (Wildman–Crippen MR) is 166 cm³/mol. The molecule has 42 heavy (non-hydrogen) atoms. The number of carbonyl (C=O) groups excluding carboxylic acids is 3. The molecule has 8 nitrogen and oxygen atoms in total. The number of aromatic hydroxyl groups is 1. The summed E-state index contributed by atoms with van der Waals surface area (Å²) in [5, 5.41) is 28.1. The molecule has 3 aromatic rings. The minimum Gasteiger partial charge on any atom is -0.503 e. The number of hydrogen-bond acceptors (Lipinski definition) is 6. The number of nitrogens with one attached hydrogen (secondary N) is 2. The summed E-state index contributed by atoms with van der Waals surface area (Å²) < 4.78 is 5.90. The van der Waals surface area contributed by atoms with Crippen molar-refractivity contribution in [2.24, 2.45) is 11.8 Å². The number of benzene rings is 3. The lowest BCUT2D eigenvalue weighted by Crippen LogP contribution is -2.56. The Morgan fingerprint density at radius 1 is 0.952 bits per heavy atom. The summed E-state index contributed by atoms with van der Waals surface area (Å²) in [6.07, 6.45) is -0.392. The van der Waals surface area contributed by atoms with Crippen molar-refractivity contribution in [1.82, 2.24) is 0 Å². The Morgan fingerprint density at radius 2 is 1.50 bits per heavy atom. The molecule has 1 fully saturated rings. The molecule has 9 heteroatoms. The smallest absolute Gasteiger partial charge is 0.235 e. The van der Waals surface area contributed by atoms with Crippen LogP contribution in [0.5, 0.6) is 11.5 Å². The Morgan fingerprint density at radius 3 is 2.02 bits per heavy atom. The van der Waals surface area contributed by atoms with Crippen LogP contribution in [-0.4, -0.2) is 40.0 Å². The molecule has 0 aliphatic heterocycles. The van der Waals surface area contributed by atoms with Crippen LogP contribution in [0.3, 0.4) is 0 Å². The fraction of sp³-hybridized carbons (Fsp3) is 0.364. The average Bonchev–Trinajstić information content (AvgIpc) is 2.89. The van der Waals surface area contributed by atoms with E-state index in [1.807, 2.05) is 52.0 Å². The first-order valence-electron chi connectivity index (χ1n) is 13.9. The van der Waals surface area contributed by atoms with Crippen molar-refractivity contribution in [3.8, 4) is 11.5 Å². The molecule has 1 aliphatic rings. The summed E-state index contributed by atoms with van der Waals surface area (Å²) in [7, 11) is 0. The zero-order chi connectivity index (χ0) is 30.9. The molecule has 0 radical (unpaired) electrons. The van der Waals surface area contributed by atoms with Crippen molar-refractivity contribution in [2.45, 2.75) is 59.5 Å². The van der Waals surface area contributed by atoms with Crippen LogP contribution in [0.4, 0.5) is 11.4 Å². The Hall–Kier alpha value is -3.69. The minimum atomic E-state index is -1.78. The van der Waals surface area contributed by atoms with Crippen LogP contribution in [0.2, 0.25) is 0 Å². The molecule has 0 spiro atoms. The number of aryl methyl sites for hydroxylation is 4. The van der Waals surface area contributed by atoms with E-state index in [4.69, 9.17) is 4.74 Å². The van der Waals surface area contributed by atoms with E-state index in [2.05, 4.69) is 26.6 Å². The third-order valence-corrected chi connectivity index (χ3v) is 8.45. The highest BCUT2D eigenvalue weighted by Gasteiger charge is 2.56. The Bertz CT molecular complexity index is 1550. The van der Waals surface area contributed by atoms with E-state index in [9.17, 15) is 24.6 Å². The van der Waals surface area contributed by atoms with Gasteiger partial charge >= 0.3 is 0 Å². The molecule has 0 bridgehead atoms. The zero-order valence-corrected chi connectivity index (χ0v) is 26.3. The van der Waals surface area contributed by atoms with Gasteiger partial charge in [-0.2, -0.15) is 0 Å². The lowest BCUT2D eigenvalue weighted by molar-refractivity contribution is -0.150. The molecule has 4 atom stereocenters. The number of halogens is 1. The van der Waals surface area contributed by atoms with E-state index in [1.54, 1.807) is 25.1 Å². The van der Waals surface area contributed by atoms with Crippen molar-refractivity contribution in [1.29, 1.82) is 0 Å². The summed E-state index contributed by atoms with van der Waals surface area (Å²) in [5.41, 5.74) is 3.43. The highest BCUT2D eigenvalue weighted by Crippen LogP contribution is 2.49. The van der Waals surface area contributed by atoms with E-state index >= 15 is 0 Å². The predicted octanol–water partition coefficient (Wildman–Crippen LogP) is 6.10. The van der Waals surface area contributed by atoms with E-state index in [0.717, 1.165) is 22.3 Å². The highest BCUT2D eigenvalue weighted by atomic mass is 79.9. The molecule has 3 aromatic carbocycles. The molecular formula is C33H37BrN2O6. The van der Waals surface area contributed by atoms with Gasteiger partial charge in [0.05, 0.1) is 22.6 Å². The second kappa shape index (κ2) is 12.3. The number of ketones is 1. The number of aliphatic hydroxyl groups is 1. The molecule has 0 saturated heterocycles. The minimum absolute atomic E-state index is 0.126. The maximum absolute atomic E-state index is 14.1. The van der Waals surface area contributed by atoms with Gasteiger partial charge in [-0.05, 0) is 98.4 Å². The van der Waals surface area contributed by atoms with Crippen molar-refractivity contribution in [3.63, 3.8) is 0 Å². The number of amides is 2. The molecule has 4 rings (SSSR count). The lowest BCUT2D eigenvalue weighted by atomic mass is 9.61. The number of hydrogen-bond donors (Lipinski definition) is 4. The fourth-order valence-electron chi connectivity index (χ4n) is 5.87. The number of ether oxygens (including phenoxy) is 1. The topological polar surface area (TPSA) is 125 Å². The number of anilines is 2. The van der Waals surface area contributed by atoms with Crippen LogP contribution >= 0.6 is 15.9 Å². The summed E-state index contributed by atoms with van der Waals surface area (Å²) in [6, 6.07) is 14.2. The van der Waals surface area contributed by atoms with Gasteiger partial charge in [-0.25, -0.2) is 0 Å². The first-order valence-corrected chi connectivity index (χ1v) is 14.7. The first-order chi connectivity index (χ1) is 19.7. The SMILES string of the molecule is CCOc1cc(C2C(C(=O)Nc3ccc(C)cc3C)C(=O)CC(C)(O)C2C(=O)Nc2ccc(C)cc2C)cc(Br)c1O. The normalized spacial score (nSPS) is 22.0. The van der Waals surface area contributed by atoms with Gasteiger partial charge in [0.25, 0.3) is 0 Å². The van der Waals surface area contributed by atoms with Crippen LogP contribution in [0, 0.1) is 39.5 Å². The van der Waals surface area contributed by atoms with Crippen molar-refractivity contribution in [2.75, 3.05) is 17.2 Å². The second-order valence-electron chi connectivity index (χ2n) is 11.4. The van der Waals surface area contributed by atoms with Crippen LogP contribution in [0.1, 0.15) is 54.0 Å². The molecule has 0 heterocycles. The van der Waals surface area contributed by atoms with E-state index in [1.165, 1.54) is 13.0 Å². The second-order valence-corrected chi connectivity index (χ2v) is 12.2. The van der Waals surface area contributed by atoms with Gasteiger partial charge in [0, 0.05) is 23.7 Å². The highest BCUT2D eigenvalue weighted by molar-refractivity contribution is 9.10. The summed E-state index contributed by atoms with van der Waals surface area (Å²) in [6.45, 7) is 11.1. The standard InChI is InChI=1S/C33H37BrN2O6/c1-7-42-26-15-21(14-22(34)30(26)38)27-28(31(39)35-23-10-8-17(2)12-19(23)4)25(37)16-33(6,41)29(27)32(40)36-24-11-9-18(3)13-20(24)5/h8-15,27-29,38,41H,7,16H2,1-6H3,(H,35,39)(H,36,40). The van der Waals surface area contributed by atoms with Crippen molar-refractivity contribution in [3.05, 3.63) is 80.8 Å².